The number of rotatable bonds is 4. The molecule has 6 nitrogen and oxygen atoms in total. The molecule has 0 saturated carbocycles. The zero-order valence-corrected chi connectivity index (χ0v) is 13.0. The third kappa shape index (κ3) is 3.60. The van der Waals surface area contributed by atoms with Crippen molar-refractivity contribution in [1.29, 1.82) is 0 Å². The summed E-state index contributed by atoms with van der Waals surface area (Å²) >= 11 is 0. The number of alkyl halides is 3. The summed E-state index contributed by atoms with van der Waals surface area (Å²) in [6.07, 6.45) is -4.10. The SMILES string of the molecule is COc1nc(C)ccc1Oc1ncc(C(F)(F)F)c(C)c1B(O)O. The minimum Gasteiger partial charge on any atom is -0.478 e. The van der Waals surface area contributed by atoms with Gasteiger partial charge in [-0.2, -0.15) is 13.2 Å². The predicted octanol–water partition coefficient (Wildman–Crippen LogP) is 1.59. The first-order valence-electron chi connectivity index (χ1n) is 6.77. The fraction of sp³-hybridized carbons (Fsp3) is 0.286. The van der Waals surface area contributed by atoms with Gasteiger partial charge in [-0.25, -0.2) is 9.97 Å². The van der Waals surface area contributed by atoms with Crippen molar-refractivity contribution in [2.75, 3.05) is 7.11 Å². The van der Waals surface area contributed by atoms with E-state index in [4.69, 9.17) is 9.47 Å². The maximum atomic E-state index is 12.9. The van der Waals surface area contributed by atoms with Crippen LogP contribution in [0.5, 0.6) is 17.5 Å². The normalized spacial score (nSPS) is 11.3. The van der Waals surface area contributed by atoms with Crippen LogP contribution in [-0.2, 0) is 6.18 Å². The number of halogens is 3. The van der Waals surface area contributed by atoms with Gasteiger partial charge in [0.1, 0.15) is 0 Å². The summed E-state index contributed by atoms with van der Waals surface area (Å²) in [7, 11) is -0.846. The molecule has 128 valence electrons. The second-order valence-electron chi connectivity index (χ2n) is 4.95. The molecule has 2 rings (SSSR count). The van der Waals surface area contributed by atoms with Gasteiger partial charge in [0, 0.05) is 17.4 Å². The third-order valence-electron chi connectivity index (χ3n) is 3.28. The van der Waals surface area contributed by atoms with E-state index in [0.717, 1.165) is 6.92 Å². The summed E-state index contributed by atoms with van der Waals surface area (Å²) in [5.74, 6) is -0.205. The zero-order valence-electron chi connectivity index (χ0n) is 13.0. The number of aryl methyl sites for hydroxylation is 1. The molecule has 2 aromatic heterocycles. The Balaban J connectivity index is 2.54. The summed E-state index contributed by atoms with van der Waals surface area (Å²) in [6, 6.07) is 3.09. The number of aromatic nitrogens is 2. The van der Waals surface area contributed by atoms with Gasteiger partial charge < -0.3 is 19.5 Å². The minimum absolute atomic E-state index is 0.0802. The van der Waals surface area contributed by atoms with Crippen molar-refractivity contribution < 1.29 is 32.7 Å². The van der Waals surface area contributed by atoms with Gasteiger partial charge in [-0.1, -0.05) is 0 Å². The molecule has 0 unspecified atom stereocenters. The number of hydrogen-bond donors (Lipinski definition) is 2. The molecule has 24 heavy (non-hydrogen) atoms. The Labute approximate surface area is 136 Å². The van der Waals surface area contributed by atoms with Gasteiger partial charge in [-0.05, 0) is 31.5 Å². The Morgan fingerprint density at radius 1 is 1.12 bits per heavy atom. The molecule has 0 aliphatic carbocycles. The van der Waals surface area contributed by atoms with Gasteiger partial charge >= 0.3 is 13.3 Å². The highest BCUT2D eigenvalue weighted by atomic mass is 19.4. The Kier molecular flexibility index (Phi) is 5.00. The number of methoxy groups -OCH3 is 1. The summed E-state index contributed by atoms with van der Waals surface area (Å²) in [5.41, 5.74) is -1.31. The smallest absolute Gasteiger partial charge is 0.478 e. The number of pyridine rings is 2. The average molecular weight is 342 g/mol. The molecule has 0 amide bonds. The Morgan fingerprint density at radius 3 is 2.33 bits per heavy atom. The molecule has 10 heteroatoms. The van der Waals surface area contributed by atoms with Crippen LogP contribution in [0.15, 0.2) is 18.3 Å². The maximum Gasteiger partial charge on any atom is 0.494 e. The van der Waals surface area contributed by atoms with E-state index in [1.54, 1.807) is 13.0 Å². The molecule has 0 spiro atoms. The van der Waals surface area contributed by atoms with Crippen LogP contribution < -0.4 is 14.9 Å². The van der Waals surface area contributed by atoms with Crippen molar-refractivity contribution in [2.24, 2.45) is 0 Å². The quantitative estimate of drug-likeness (QED) is 0.821. The maximum absolute atomic E-state index is 12.9. The molecule has 2 N–H and O–H groups in total. The van der Waals surface area contributed by atoms with Crippen LogP contribution in [0.3, 0.4) is 0 Å². The average Bonchev–Trinajstić information content (AvgIpc) is 2.47. The van der Waals surface area contributed by atoms with Gasteiger partial charge in [0.05, 0.1) is 12.7 Å². The van der Waals surface area contributed by atoms with Gasteiger partial charge in [-0.15, -0.1) is 0 Å². The molecule has 0 bridgehead atoms. The molecule has 0 fully saturated rings. The lowest BCUT2D eigenvalue weighted by molar-refractivity contribution is -0.138. The van der Waals surface area contributed by atoms with E-state index in [1.807, 2.05) is 0 Å². The zero-order chi connectivity index (χ0) is 18.1. The van der Waals surface area contributed by atoms with Crippen molar-refractivity contribution in [3.05, 3.63) is 35.2 Å². The fourth-order valence-corrected chi connectivity index (χ4v) is 2.11. The number of nitrogens with zero attached hydrogens (tertiary/aromatic N) is 2. The molecular weight excluding hydrogens is 328 g/mol. The first kappa shape index (κ1) is 18.0. The number of ether oxygens (including phenoxy) is 2. The van der Waals surface area contributed by atoms with Crippen LogP contribution in [-0.4, -0.2) is 34.2 Å². The molecule has 2 aromatic rings. The summed E-state index contributed by atoms with van der Waals surface area (Å²) < 4.78 is 49.3. The van der Waals surface area contributed by atoms with Gasteiger partial charge in [0.25, 0.3) is 5.88 Å². The van der Waals surface area contributed by atoms with Gasteiger partial charge in [0.15, 0.2) is 5.75 Å². The lowest BCUT2D eigenvalue weighted by atomic mass is 9.76. The standard InChI is InChI=1S/C14H14BF3N2O4/c1-7-4-5-10(12(20-7)23-3)24-13-11(15(21)22)8(2)9(6-19-13)14(16,17)18/h4-6,21-22H,1-3H3. The molecular formula is C14H14BF3N2O4. The Bertz CT molecular complexity index is 754. The highest BCUT2D eigenvalue weighted by molar-refractivity contribution is 6.60. The van der Waals surface area contributed by atoms with Crippen molar-refractivity contribution in [1.82, 2.24) is 9.97 Å². The van der Waals surface area contributed by atoms with Gasteiger partial charge in [0.2, 0.25) is 5.88 Å². The van der Waals surface area contributed by atoms with Crippen LogP contribution in [0.25, 0.3) is 0 Å². The summed E-state index contributed by atoms with van der Waals surface area (Å²) in [5, 5.41) is 18.9. The summed E-state index contributed by atoms with van der Waals surface area (Å²) in [4.78, 5) is 7.64. The van der Waals surface area contributed by atoms with Crippen molar-refractivity contribution in [2.45, 2.75) is 20.0 Å². The van der Waals surface area contributed by atoms with Crippen LogP contribution in [0.2, 0.25) is 0 Å². The van der Waals surface area contributed by atoms with Crippen LogP contribution >= 0.6 is 0 Å². The first-order valence-corrected chi connectivity index (χ1v) is 6.77. The molecule has 0 aliphatic rings. The van der Waals surface area contributed by atoms with E-state index in [1.165, 1.54) is 13.2 Å². The van der Waals surface area contributed by atoms with Gasteiger partial charge in [-0.3, -0.25) is 0 Å². The van der Waals surface area contributed by atoms with E-state index in [9.17, 15) is 23.2 Å². The molecule has 0 radical (unpaired) electrons. The number of hydrogen-bond acceptors (Lipinski definition) is 6. The highest BCUT2D eigenvalue weighted by Gasteiger charge is 2.36. The Hall–Kier alpha value is -2.33. The van der Waals surface area contributed by atoms with Crippen LogP contribution in [0, 0.1) is 13.8 Å². The molecule has 0 saturated heterocycles. The Morgan fingerprint density at radius 2 is 1.79 bits per heavy atom. The third-order valence-corrected chi connectivity index (χ3v) is 3.28. The topological polar surface area (TPSA) is 84.7 Å². The van der Waals surface area contributed by atoms with E-state index >= 15 is 0 Å². The second-order valence-corrected chi connectivity index (χ2v) is 4.95. The minimum atomic E-state index is -4.68. The largest absolute Gasteiger partial charge is 0.494 e. The molecule has 0 atom stereocenters. The van der Waals surface area contributed by atoms with E-state index in [-0.39, 0.29) is 23.1 Å². The lowest BCUT2D eigenvalue weighted by Crippen LogP contribution is -2.35. The van der Waals surface area contributed by atoms with E-state index in [0.29, 0.717) is 11.9 Å². The molecule has 0 aromatic carbocycles. The highest BCUT2D eigenvalue weighted by Crippen LogP contribution is 2.33. The van der Waals surface area contributed by atoms with Crippen molar-refractivity contribution >= 4 is 12.6 Å². The predicted molar refractivity (Wildman–Crippen MR) is 79.4 cm³/mol. The second kappa shape index (κ2) is 6.66. The van der Waals surface area contributed by atoms with E-state index in [2.05, 4.69) is 9.97 Å². The lowest BCUT2D eigenvalue weighted by Gasteiger charge is -2.17. The molecule has 0 aliphatic heterocycles. The fourth-order valence-electron chi connectivity index (χ4n) is 2.11. The van der Waals surface area contributed by atoms with Crippen molar-refractivity contribution in [3.63, 3.8) is 0 Å². The van der Waals surface area contributed by atoms with Crippen LogP contribution in [0.1, 0.15) is 16.8 Å². The first-order chi connectivity index (χ1) is 11.1. The van der Waals surface area contributed by atoms with Crippen molar-refractivity contribution in [3.8, 4) is 17.5 Å². The summed E-state index contributed by atoms with van der Waals surface area (Å²) in [6.45, 7) is 2.83. The molecule has 2 heterocycles. The monoisotopic (exact) mass is 342 g/mol. The van der Waals surface area contributed by atoms with E-state index < -0.39 is 24.3 Å². The van der Waals surface area contributed by atoms with Crippen LogP contribution in [0.4, 0.5) is 13.2 Å².